The van der Waals surface area contributed by atoms with Gasteiger partial charge in [0.15, 0.2) is 0 Å². The summed E-state index contributed by atoms with van der Waals surface area (Å²) >= 11 is 0. The van der Waals surface area contributed by atoms with Crippen LogP contribution < -0.4 is 10.6 Å². The van der Waals surface area contributed by atoms with Gasteiger partial charge in [-0.15, -0.1) is 0 Å². The largest absolute Gasteiger partial charge is 0.350 e. The maximum Gasteiger partial charge on any atom is 0.253 e. The number of carbonyl (C=O) groups excluding carboxylic acids is 1. The number of nitrogens with one attached hydrogen (secondary N) is 2. The molecule has 1 aliphatic rings. The Hall–Kier alpha value is -1.94. The third-order valence-corrected chi connectivity index (χ3v) is 3.55. The Morgan fingerprint density at radius 1 is 1.37 bits per heavy atom. The van der Waals surface area contributed by atoms with Crippen LogP contribution in [0.5, 0.6) is 0 Å². The molecule has 1 aromatic carbocycles. The predicted molar refractivity (Wildman–Crippen MR) is 75.1 cm³/mol. The Morgan fingerprint density at radius 3 is 3.11 bits per heavy atom. The molecule has 4 heteroatoms. The zero-order valence-corrected chi connectivity index (χ0v) is 10.7. The van der Waals surface area contributed by atoms with E-state index >= 15 is 0 Å². The molecule has 4 nitrogen and oxygen atoms in total. The van der Waals surface area contributed by atoms with E-state index in [4.69, 9.17) is 0 Å². The highest BCUT2D eigenvalue weighted by Crippen LogP contribution is 2.15. The van der Waals surface area contributed by atoms with Gasteiger partial charge < -0.3 is 10.6 Å². The molecular formula is C15H17N3O. The van der Waals surface area contributed by atoms with E-state index in [1.807, 2.05) is 30.3 Å². The minimum Gasteiger partial charge on any atom is -0.350 e. The first-order valence-corrected chi connectivity index (χ1v) is 6.70. The second-order valence-corrected chi connectivity index (χ2v) is 4.88. The molecule has 0 saturated carbocycles. The van der Waals surface area contributed by atoms with Crippen molar-refractivity contribution < 1.29 is 4.79 Å². The SMILES string of the molecule is O=C(NCC1CCCN1)c1cccc2cccnc12. The highest BCUT2D eigenvalue weighted by molar-refractivity contribution is 6.05. The van der Waals surface area contributed by atoms with Crippen molar-refractivity contribution >= 4 is 16.8 Å². The summed E-state index contributed by atoms with van der Waals surface area (Å²) in [5, 5.41) is 7.36. The van der Waals surface area contributed by atoms with Crippen LogP contribution in [0.1, 0.15) is 23.2 Å². The van der Waals surface area contributed by atoms with Gasteiger partial charge in [0, 0.05) is 24.2 Å². The lowest BCUT2D eigenvalue weighted by molar-refractivity contribution is 0.0952. The second-order valence-electron chi connectivity index (χ2n) is 4.88. The molecular weight excluding hydrogens is 238 g/mol. The molecule has 0 spiro atoms. The molecule has 1 fully saturated rings. The molecule has 1 unspecified atom stereocenters. The van der Waals surface area contributed by atoms with E-state index in [0.29, 0.717) is 18.2 Å². The van der Waals surface area contributed by atoms with Crippen molar-refractivity contribution in [3.63, 3.8) is 0 Å². The number of pyridine rings is 1. The molecule has 0 bridgehead atoms. The van der Waals surface area contributed by atoms with Crippen molar-refractivity contribution in [3.05, 3.63) is 42.1 Å². The highest BCUT2D eigenvalue weighted by atomic mass is 16.1. The van der Waals surface area contributed by atoms with Gasteiger partial charge in [0.2, 0.25) is 0 Å². The summed E-state index contributed by atoms with van der Waals surface area (Å²) in [6.45, 7) is 1.73. The molecule has 98 valence electrons. The minimum atomic E-state index is -0.0435. The fourth-order valence-corrected chi connectivity index (χ4v) is 2.53. The predicted octanol–water partition coefficient (Wildman–Crippen LogP) is 1.72. The van der Waals surface area contributed by atoms with Crippen molar-refractivity contribution in [1.29, 1.82) is 0 Å². The van der Waals surface area contributed by atoms with Crippen LogP contribution in [0.2, 0.25) is 0 Å². The number of fused-ring (bicyclic) bond motifs is 1. The second kappa shape index (κ2) is 5.36. The number of amides is 1. The minimum absolute atomic E-state index is 0.0435. The third-order valence-electron chi connectivity index (χ3n) is 3.55. The van der Waals surface area contributed by atoms with Gasteiger partial charge in [0.05, 0.1) is 11.1 Å². The van der Waals surface area contributed by atoms with E-state index in [9.17, 15) is 4.79 Å². The van der Waals surface area contributed by atoms with E-state index in [1.165, 1.54) is 6.42 Å². The molecule has 1 amide bonds. The molecule has 19 heavy (non-hydrogen) atoms. The summed E-state index contributed by atoms with van der Waals surface area (Å²) in [5.74, 6) is -0.0435. The van der Waals surface area contributed by atoms with E-state index < -0.39 is 0 Å². The summed E-state index contributed by atoms with van der Waals surface area (Å²) in [6, 6.07) is 9.95. The maximum absolute atomic E-state index is 12.2. The fourth-order valence-electron chi connectivity index (χ4n) is 2.53. The molecule has 0 aliphatic carbocycles. The Balaban J connectivity index is 1.77. The van der Waals surface area contributed by atoms with Crippen LogP contribution in [-0.2, 0) is 0 Å². The molecule has 1 atom stereocenters. The van der Waals surface area contributed by atoms with Crippen LogP contribution in [0.15, 0.2) is 36.5 Å². The van der Waals surface area contributed by atoms with Gasteiger partial charge in [-0.25, -0.2) is 0 Å². The zero-order valence-electron chi connectivity index (χ0n) is 10.7. The van der Waals surface area contributed by atoms with Crippen LogP contribution in [0, 0.1) is 0 Å². The van der Waals surface area contributed by atoms with E-state index in [-0.39, 0.29) is 5.91 Å². The summed E-state index contributed by atoms with van der Waals surface area (Å²) in [5.41, 5.74) is 1.41. The summed E-state index contributed by atoms with van der Waals surface area (Å²) in [7, 11) is 0. The summed E-state index contributed by atoms with van der Waals surface area (Å²) in [4.78, 5) is 16.5. The lowest BCUT2D eigenvalue weighted by Crippen LogP contribution is -2.37. The third kappa shape index (κ3) is 2.58. The van der Waals surface area contributed by atoms with Crippen LogP contribution >= 0.6 is 0 Å². The quantitative estimate of drug-likeness (QED) is 0.878. The van der Waals surface area contributed by atoms with E-state index in [0.717, 1.165) is 23.9 Å². The Bertz CT molecular complexity index is 585. The Labute approximate surface area is 112 Å². The smallest absolute Gasteiger partial charge is 0.253 e. The number of nitrogens with zero attached hydrogens (tertiary/aromatic N) is 1. The van der Waals surface area contributed by atoms with Crippen molar-refractivity contribution in [2.24, 2.45) is 0 Å². The zero-order chi connectivity index (χ0) is 13.1. The van der Waals surface area contributed by atoms with Crippen LogP contribution in [0.3, 0.4) is 0 Å². The monoisotopic (exact) mass is 255 g/mol. The average Bonchev–Trinajstić information content (AvgIpc) is 2.97. The number of hydrogen-bond donors (Lipinski definition) is 2. The topological polar surface area (TPSA) is 54.0 Å². The number of aromatic nitrogens is 1. The first-order valence-electron chi connectivity index (χ1n) is 6.70. The van der Waals surface area contributed by atoms with Crippen molar-refractivity contribution in [2.75, 3.05) is 13.1 Å². The molecule has 1 aromatic heterocycles. The van der Waals surface area contributed by atoms with Gasteiger partial charge in [-0.3, -0.25) is 9.78 Å². The summed E-state index contributed by atoms with van der Waals surface area (Å²) in [6.07, 6.45) is 4.04. The number of benzene rings is 1. The average molecular weight is 255 g/mol. The number of carbonyl (C=O) groups is 1. The van der Waals surface area contributed by atoms with E-state index in [2.05, 4.69) is 15.6 Å². The normalized spacial score (nSPS) is 18.6. The van der Waals surface area contributed by atoms with E-state index in [1.54, 1.807) is 6.20 Å². The van der Waals surface area contributed by atoms with Crippen molar-refractivity contribution in [3.8, 4) is 0 Å². The van der Waals surface area contributed by atoms with Crippen LogP contribution in [0.25, 0.3) is 10.9 Å². The Morgan fingerprint density at radius 2 is 2.26 bits per heavy atom. The van der Waals surface area contributed by atoms with Gasteiger partial charge in [-0.2, -0.15) is 0 Å². The molecule has 2 aromatic rings. The van der Waals surface area contributed by atoms with Gasteiger partial charge in [0.1, 0.15) is 0 Å². The molecule has 2 N–H and O–H groups in total. The van der Waals surface area contributed by atoms with Crippen molar-refractivity contribution in [2.45, 2.75) is 18.9 Å². The lowest BCUT2D eigenvalue weighted by Gasteiger charge is -2.12. The molecule has 2 heterocycles. The Kier molecular flexibility index (Phi) is 3.42. The molecule has 0 radical (unpaired) electrons. The van der Waals surface area contributed by atoms with Gasteiger partial charge >= 0.3 is 0 Å². The molecule has 1 saturated heterocycles. The molecule has 1 aliphatic heterocycles. The first kappa shape index (κ1) is 12.1. The standard InChI is InChI=1S/C15H17N3O/c19-15(18-10-12-6-3-8-16-12)13-7-1-4-11-5-2-9-17-14(11)13/h1-2,4-5,7,9,12,16H,3,6,8,10H2,(H,18,19). The fraction of sp³-hybridized carbons (Fsp3) is 0.333. The van der Waals surface area contributed by atoms with Crippen molar-refractivity contribution in [1.82, 2.24) is 15.6 Å². The van der Waals surface area contributed by atoms with Gasteiger partial charge in [-0.05, 0) is 31.5 Å². The van der Waals surface area contributed by atoms with Crippen LogP contribution in [0.4, 0.5) is 0 Å². The summed E-state index contributed by atoms with van der Waals surface area (Å²) < 4.78 is 0. The molecule has 3 rings (SSSR count). The highest BCUT2D eigenvalue weighted by Gasteiger charge is 2.16. The number of para-hydroxylation sites is 1. The number of rotatable bonds is 3. The van der Waals surface area contributed by atoms with Gasteiger partial charge in [-0.1, -0.05) is 18.2 Å². The maximum atomic E-state index is 12.2. The lowest BCUT2D eigenvalue weighted by atomic mass is 10.1. The number of hydrogen-bond acceptors (Lipinski definition) is 3. The van der Waals surface area contributed by atoms with Crippen LogP contribution in [-0.4, -0.2) is 30.0 Å². The first-order chi connectivity index (χ1) is 9.34. The van der Waals surface area contributed by atoms with Gasteiger partial charge in [0.25, 0.3) is 5.91 Å².